The fourth-order valence-electron chi connectivity index (χ4n) is 1.57. The molecule has 0 fully saturated rings. The number of hydrogen-bond donors (Lipinski definition) is 0. The molecule has 4 heteroatoms. The molecule has 2 aromatic rings. The van der Waals surface area contributed by atoms with Crippen LogP contribution in [0.3, 0.4) is 0 Å². The van der Waals surface area contributed by atoms with Crippen LogP contribution in [0.5, 0.6) is 0 Å². The minimum Gasteiger partial charge on any atom is -0.465 e. The Balaban J connectivity index is 2.25. The lowest BCUT2D eigenvalue weighted by Crippen LogP contribution is -2.01. The minimum absolute atomic E-state index is 0.383. The molecule has 0 saturated carbocycles. The zero-order valence-electron chi connectivity index (χ0n) is 9.89. The summed E-state index contributed by atoms with van der Waals surface area (Å²) in [7, 11) is 1.35. The van der Waals surface area contributed by atoms with Crippen LogP contribution in [0, 0.1) is 0 Å². The fraction of sp³-hybridized carbons (Fsp3) is 0.143. The number of hydrogen-bond acceptors (Lipinski definition) is 3. The van der Waals surface area contributed by atoms with Crippen LogP contribution < -0.4 is 0 Å². The molecule has 0 aliphatic rings. The molecule has 2 rings (SSSR count). The Morgan fingerprint density at radius 1 is 1.22 bits per heavy atom. The Labute approximate surface area is 110 Å². The van der Waals surface area contributed by atoms with Gasteiger partial charge in [-0.15, -0.1) is 11.6 Å². The van der Waals surface area contributed by atoms with Crippen molar-refractivity contribution in [2.75, 3.05) is 7.11 Å². The molecule has 0 aliphatic heterocycles. The normalized spacial score (nSPS) is 10.1. The molecule has 3 nitrogen and oxygen atoms in total. The standard InChI is InChI=1S/C14H12ClNO2/c1-18-14(17)12-6-7-13(16-9-12)11-4-2-10(8-15)3-5-11/h2-7,9H,8H2,1H3. The summed E-state index contributed by atoms with van der Waals surface area (Å²) in [4.78, 5) is 15.5. The number of nitrogens with zero attached hydrogens (tertiary/aromatic N) is 1. The lowest BCUT2D eigenvalue weighted by Gasteiger charge is -2.03. The van der Waals surface area contributed by atoms with E-state index < -0.39 is 0 Å². The molecule has 0 saturated heterocycles. The van der Waals surface area contributed by atoms with Gasteiger partial charge in [-0.25, -0.2) is 4.79 Å². The summed E-state index contributed by atoms with van der Waals surface area (Å²) in [5, 5.41) is 0. The van der Waals surface area contributed by atoms with Gasteiger partial charge >= 0.3 is 5.97 Å². The zero-order valence-corrected chi connectivity index (χ0v) is 10.6. The number of esters is 1. The average molecular weight is 262 g/mol. The van der Waals surface area contributed by atoms with E-state index in [0.29, 0.717) is 11.4 Å². The van der Waals surface area contributed by atoms with Gasteiger partial charge in [0.15, 0.2) is 0 Å². The van der Waals surface area contributed by atoms with E-state index in [2.05, 4.69) is 9.72 Å². The van der Waals surface area contributed by atoms with Crippen molar-refractivity contribution in [2.45, 2.75) is 5.88 Å². The summed E-state index contributed by atoms with van der Waals surface area (Å²) in [5.74, 6) is 0.112. The summed E-state index contributed by atoms with van der Waals surface area (Å²) in [6, 6.07) is 11.3. The van der Waals surface area contributed by atoms with Gasteiger partial charge in [0.1, 0.15) is 0 Å². The molecule has 0 spiro atoms. The van der Waals surface area contributed by atoms with Gasteiger partial charge < -0.3 is 4.74 Å². The van der Waals surface area contributed by atoms with Crippen LogP contribution in [-0.2, 0) is 10.6 Å². The van der Waals surface area contributed by atoms with E-state index >= 15 is 0 Å². The van der Waals surface area contributed by atoms with Gasteiger partial charge in [-0.05, 0) is 17.7 Å². The van der Waals surface area contributed by atoms with Gasteiger partial charge in [-0.3, -0.25) is 4.98 Å². The minimum atomic E-state index is -0.383. The first-order valence-corrected chi connectivity index (χ1v) is 5.97. The first kappa shape index (κ1) is 12.6. The van der Waals surface area contributed by atoms with Crippen molar-refractivity contribution in [3.8, 4) is 11.3 Å². The van der Waals surface area contributed by atoms with Crippen LogP contribution in [0.2, 0.25) is 0 Å². The fourth-order valence-corrected chi connectivity index (χ4v) is 1.75. The average Bonchev–Trinajstić information content (AvgIpc) is 2.47. The predicted octanol–water partition coefficient (Wildman–Crippen LogP) is 3.27. The molecule has 18 heavy (non-hydrogen) atoms. The Morgan fingerprint density at radius 2 is 1.94 bits per heavy atom. The summed E-state index contributed by atoms with van der Waals surface area (Å²) in [6.07, 6.45) is 1.51. The second-order valence-electron chi connectivity index (χ2n) is 3.75. The number of rotatable bonds is 3. The van der Waals surface area contributed by atoms with E-state index in [1.165, 1.54) is 13.3 Å². The van der Waals surface area contributed by atoms with Crippen LogP contribution in [0.1, 0.15) is 15.9 Å². The Hall–Kier alpha value is -1.87. The number of ether oxygens (including phenoxy) is 1. The number of pyridine rings is 1. The molecule has 0 amide bonds. The molecule has 0 atom stereocenters. The number of aromatic nitrogens is 1. The quantitative estimate of drug-likeness (QED) is 0.629. The van der Waals surface area contributed by atoms with Crippen LogP contribution in [0.15, 0.2) is 42.6 Å². The van der Waals surface area contributed by atoms with E-state index in [1.54, 1.807) is 12.1 Å². The topological polar surface area (TPSA) is 39.2 Å². The van der Waals surface area contributed by atoms with Gasteiger partial charge in [0.25, 0.3) is 0 Å². The van der Waals surface area contributed by atoms with Crippen molar-refractivity contribution < 1.29 is 9.53 Å². The highest BCUT2D eigenvalue weighted by molar-refractivity contribution is 6.17. The molecule has 0 radical (unpaired) electrons. The molecular formula is C14H12ClNO2. The number of alkyl halides is 1. The largest absolute Gasteiger partial charge is 0.465 e. The molecule has 0 N–H and O–H groups in total. The van der Waals surface area contributed by atoms with Crippen LogP contribution >= 0.6 is 11.6 Å². The third kappa shape index (κ3) is 2.68. The van der Waals surface area contributed by atoms with Gasteiger partial charge in [0.05, 0.1) is 18.4 Å². The maximum atomic E-state index is 11.3. The molecule has 1 aromatic heterocycles. The predicted molar refractivity (Wildman–Crippen MR) is 70.6 cm³/mol. The van der Waals surface area contributed by atoms with Crippen molar-refractivity contribution in [1.82, 2.24) is 4.98 Å². The highest BCUT2D eigenvalue weighted by atomic mass is 35.5. The molecule has 1 heterocycles. The third-order valence-corrected chi connectivity index (χ3v) is 2.90. The Morgan fingerprint density at radius 3 is 2.44 bits per heavy atom. The SMILES string of the molecule is COC(=O)c1ccc(-c2ccc(CCl)cc2)nc1. The number of halogens is 1. The second-order valence-corrected chi connectivity index (χ2v) is 4.02. The third-order valence-electron chi connectivity index (χ3n) is 2.59. The van der Waals surface area contributed by atoms with Gasteiger partial charge in [0.2, 0.25) is 0 Å². The lowest BCUT2D eigenvalue weighted by molar-refractivity contribution is 0.0600. The Kier molecular flexibility index (Phi) is 3.95. The van der Waals surface area contributed by atoms with E-state index in [0.717, 1.165) is 16.8 Å². The summed E-state index contributed by atoms with van der Waals surface area (Å²) >= 11 is 5.73. The van der Waals surface area contributed by atoms with Gasteiger partial charge in [0, 0.05) is 17.6 Å². The van der Waals surface area contributed by atoms with Crippen molar-refractivity contribution in [3.63, 3.8) is 0 Å². The first-order valence-electron chi connectivity index (χ1n) is 5.44. The van der Waals surface area contributed by atoms with Crippen LogP contribution in [-0.4, -0.2) is 18.1 Å². The molecule has 92 valence electrons. The van der Waals surface area contributed by atoms with Gasteiger partial charge in [-0.1, -0.05) is 24.3 Å². The van der Waals surface area contributed by atoms with E-state index in [1.807, 2.05) is 24.3 Å². The zero-order chi connectivity index (χ0) is 13.0. The highest BCUT2D eigenvalue weighted by Crippen LogP contribution is 2.18. The molecule has 0 bridgehead atoms. The molecule has 0 unspecified atom stereocenters. The second kappa shape index (κ2) is 5.65. The van der Waals surface area contributed by atoms with Crippen molar-refractivity contribution in [1.29, 1.82) is 0 Å². The maximum absolute atomic E-state index is 11.3. The van der Waals surface area contributed by atoms with E-state index in [4.69, 9.17) is 11.6 Å². The first-order chi connectivity index (χ1) is 8.74. The Bertz CT molecular complexity index is 535. The number of carbonyl (C=O) groups excluding carboxylic acids is 1. The smallest absolute Gasteiger partial charge is 0.339 e. The van der Waals surface area contributed by atoms with Gasteiger partial charge in [-0.2, -0.15) is 0 Å². The molecular weight excluding hydrogens is 250 g/mol. The lowest BCUT2D eigenvalue weighted by atomic mass is 10.1. The van der Waals surface area contributed by atoms with Crippen molar-refractivity contribution in [2.24, 2.45) is 0 Å². The number of methoxy groups -OCH3 is 1. The summed E-state index contributed by atoms with van der Waals surface area (Å²) < 4.78 is 4.62. The maximum Gasteiger partial charge on any atom is 0.339 e. The van der Waals surface area contributed by atoms with E-state index in [-0.39, 0.29) is 5.97 Å². The summed E-state index contributed by atoms with van der Waals surface area (Å²) in [6.45, 7) is 0. The monoisotopic (exact) mass is 261 g/mol. The molecule has 1 aromatic carbocycles. The summed E-state index contributed by atoms with van der Waals surface area (Å²) in [5.41, 5.74) is 3.30. The van der Waals surface area contributed by atoms with Crippen LogP contribution in [0.25, 0.3) is 11.3 Å². The highest BCUT2D eigenvalue weighted by Gasteiger charge is 2.06. The number of carbonyl (C=O) groups is 1. The number of benzene rings is 1. The van der Waals surface area contributed by atoms with Crippen molar-refractivity contribution in [3.05, 3.63) is 53.7 Å². The van der Waals surface area contributed by atoms with E-state index in [9.17, 15) is 4.79 Å². The van der Waals surface area contributed by atoms with Crippen LogP contribution in [0.4, 0.5) is 0 Å². The molecule has 0 aliphatic carbocycles. The van der Waals surface area contributed by atoms with Crippen molar-refractivity contribution >= 4 is 17.6 Å².